The number of nitrogens with zero attached hydrogens (tertiary/aromatic N) is 3. The molecular formula is C17H19ClN4O3. The number of rotatable bonds is 4. The summed E-state index contributed by atoms with van der Waals surface area (Å²) in [6.45, 7) is 4.04. The fraction of sp³-hybridized carbons (Fsp3) is 0.353. The summed E-state index contributed by atoms with van der Waals surface area (Å²) < 4.78 is 6.78. The molecule has 25 heavy (non-hydrogen) atoms. The number of amides is 2. The van der Waals surface area contributed by atoms with Gasteiger partial charge >= 0.3 is 0 Å². The van der Waals surface area contributed by atoms with Crippen LogP contribution in [0.4, 0.5) is 5.69 Å². The van der Waals surface area contributed by atoms with E-state index in [4.69, 9.17) is 16.3 Å². The molecule has 1 aromatic carbocycles. The van der Waals surface area contributed by atoms with Gasteiger partial charge in [0.1, 0.15) is 6.54 Å². The lowest BCUT2D eigenvalue weighted by molar-refractivity contribution is -0.116. The third-order valence-electron chi connectivity index (χ3n) is 3.92. The Labute approximate surface area is 150 Å². The Kier molecular flexibility index (Phi) is 5.35. The zero-order valence-corrected chi connectivity index (χ0v) is 14.6. The maximum Gasteiger partial charge on any atom is 0.274 e. The number of benzene rings is 1. The Morgan fingerprint density at radius 3 is 2.60 bits per heavy atom. The summed E-state index contributed by atoms with van der Waals surface area (Å²) >= 11 is 5.82. The highest BCUT2D eigenvalue weighted by molar-refractivity contribution is 6.30. The maximum absolute atomic E-state index is 12.5. The summed E-state index contributed by atoms with van der Waals surface area (Å²) in [6, 6.07) is 8.56. The fourth-order valence-corrected chi connectivity index (χ4v) is 2.70. The quantitative estimate of drug-likeness (QED) is 0.902. The van der Waals surface area contributed by atoms with Gasteiger partial charge in [0.05, 0.1) is 13.2 Å². The SMILES string of the molecule is Cc1cc(C(=O)N2CCOCC2)nn1CC(=O)Nc1ccc(Cl)cc1. The lowest BCUT2D eigenvalue weighted by Crippen LogP contribution is -2.40. The van der Waals surface area contributed by atoms with Gasteiger partial charge in [-0.25, -0.2) is 0 Å². The Morgan fingerprint density at radius 1 is 1.24 bits per heavy atom. The highest BCUT2D eigenvalue weighted by Crippen LogP contribution is 2.14. The monoisotopic (exact) mass is 362 g/mol. The lowest BCUT2D eigenvalue weighted by atomic mass is 10.3. The Morgan fingerprint density at radius 2 is 1.92 bits per heavy atom. The van der Waals surface area contributed by atoms with Crippen molar-refractivity contribution in [3.63, 3.8) is 0 Å². The van der Waals surface area contributed by atoms with Gasteiger partial charge in [0.2, 0.25) is 5.91 Å². The molecule has 2 heterocycles. The predicted octanol–water partition coefficient (Wildman–Crippen LogP) is 1.96. The highest BCUT2D eigenvalue weighted by Gasteiger charge is 2.22. The number of nitrogens with one attached hydrogen (secondary N) is 1. The van der Waals surface area contributed by atoms with E-state index in [0.717, 1.165) is 5.69 Å². The standard InChI is InChI=1S/C17H19ClN4O3/c1-12-10-15(17(24)21-6-8-25-9-7-21)20-22(12)11-16(23)19-14-4-2-13(18)3-5-14/h2-5,10H,6-9,11H2,1H3,(H,19,23). The van der Waals surface area contributed by atoms with Crippen LogP contribution in [-0.2, 0) is 16.1 Å². The Bertz CT molecular complexity index is 767. The number of ether oxygens (including phenoxy) is 1. The molecule has 132 valence electrons. The molecule has 1 N–H and O–H groups in total. The second-order valence-electron chi connectivity index (χ2n) is 5.79. The average Bonchev–Trinajstić information content (AvgIpc) is 2.97. The number of morpholine rings is 1. The molecule has 0 aliphatic carbocycles. The molecule has 2 amide bonds. The van der Waals surface area contributed by atoms with E-state index in [-0.39, 0.29) is 18.4 Å². The Balaban J connectivity index is 1.64. The average molecular weight is 363 g/mol. The number of aromatic nitrogens is 2. The summed E-state index contributed by atoms with van der Waals surface area (Å²) in [4.78, 5) is 26.4. The summed E-state index contributed by atoms with van der Waals surface area (Å²) in [6.07, 6.45) is 0. The van der Waals surface area contributed by atoms with Crippen LogP contribution < -0.4 is 5.32 Å². The van der Waals surface area contributed by atoms with Crippen LogP contribution in [0.25, 0.3) is 0 Å². The van der Waals surface area contributed by atoms with Crippen LogP contribution >= 0.6 is 11.6 Å². The molecule has 0 atom stereocenters. The van der Waals surface area contributed by atoms with Gasteiger partial charge in [-0.2, -0.15) is 5.10 Å². The van der Waals surface area contributed by atoms with Gasteiger partial charge in [-0.1, -0.05) is 11.6 Å². The van der Waals surface area contributed by atoms with Gasteiger partial charge in [0, 0.05) is 29.5 Å². The molecule has 7 nitrogen and oxygen atoms in total. The second kappa shape index (κ2) is 7.67. The van der Waals surface area contributed by atoms with Crippen molar-refractivity contribution in [2.24, 2.45) is 0 Å². The minimum absolute atomic E-state index is 0.0326. The van der Waals surface area contributed by atoms with E-state index in [1.165, 1.54) is 4.68 Å². The minimum atomic E-state index is -0.223. The van der Waals surface area contributed by atoms with Gasteiger partial charge in [-0.05, 0) is 37.3 Å². The van der Waals surface area contributed by atoms with Gasteiger partial charge < -0.3 is 15.0 Å². The first-order chi connectivity index (χ1) is 12.0. The first-order valence-corrected chi connectivity index (χ1v) is 8.37. The third-order valence-corrected chi connectivity index (χ3v) is 4.17. The molecule has 1 aromatic heterocycles. The van der Waals surface area contributed by atoms with E-state index < -0.39 is 0 Å². The first kappa shape index (κ1) is 17.4. The van der Waals surface area contributed by atoms with Crippen molar-refractivity contribution in [2.75, 3.05) is 31.6 Å². The molecule has 0 unspecified atom stereocenters. The molecule has 0 saturated carbocycles. The molecule has 8 heteroatoms. The van der Waals surface area contributed by atoms with E-state index in [9.17, 15) is 9.59 Å². The zero-order chi connectivity index (χ0) is 17.8. The predicted molar refractivity (Wildman–Crippen MR) is 93.8 cm³/mol. The molecule has 2 aromatic rings. The van der Waals surface area contributed by atoms with Crippen LogP contribution in [0.3, 0.4) is 0 Å². The van der Waals surface area contributed by atoms with Crippen molar-refractivity contribution in [3.05, 3.63) is 46.7 Å². The van der Waals surface area contributed by atoms with Crippen LogP contribution in [0.15, 0.2) is 30.3 Å². The summed E-state index contributed by atoms with van der Waals surface area (Å²) in [5.74, 6) is -0.359. The van der Waals surface area contributed by atoms with Crippen molar-refractivity contribution in [3.8, 4) is 0 Å². The second-order valence-corrected chi connectivity index (χ2v) is 6.22. The highest BCUT2D eigenvalue weighted by atomic mass is 35.5. The van der Waals surface area contributed by atoms with Crippen LogP contribution in [-0.4, -0.2) is 52.8 Å². The van der Waals surface area contributed by atoms with Gasteiger partial charge in [-0.3, -0.25) is 14.3 Å². The van der Waals surface area contributed by atoms with Crippen molar-refractivity contribution < 1.29 is 14.3 Å². The molecular weight excluding hydrogens is 344 g/mol. The van der Waals surface area contributed by atoms with Gasteiger partial charge in [0.15, 0.2) is 5.69 Å². The van der Waals surface area contributed by atoms with Crippen LogP contribution in [0, 0.1) is 6.92 Å². The largest absolute Gasteiger partial charge is 0.378 e. The molecule has 1 saturated heterocycles. The molecule has 0 bridgehead atoms. The molecule has 3 rings (SSSR count). The van der Waals surface area contributed by atoms with Crippen molar-refractivity contribution in [1.82, 2.24) is 14.7 Å². The van der Waals surface area contributed by atoms with Crippen molar-refractivity contribution in [2.45, 2.75) is 13.5 Å². The number of carbonyl (C=O) groups is 2. The number of halogens is 1. The minimum Gasteiger partial charge on any atom is -0.378 e. The van der Waals surface area contributed by atoms with E-state index in [1.807, 2.05) is 6.92 Å². The molecule has 1 fully saturated rings. The van der Waals surface area contributed by atoms with E-state index >= 15 is 0 Å². The fourth-order valence-electron chi connectivity index (χ4n) is 2.57. The molecule has 0 radical (unpaired) electrons. The number of carbonyl (C=O) groups excluding carboxylic acids is 2. The number of hydrogen-bond acceptors (Lipinski definition) is 4. The third kappa shape index (κ3) is 4.37. The van der Waals surface area contributed by atoms with Crippen molar-refractivity contribution in [1.29, 1.82) is 0 Å². The molecule has 0 spiro atoms. The smallest absolute Gasteiger partial charge is 0.274 e. The Hall–Kier alpha value is -2.38. The first-order valence-electron chi connectivity index (χ1n) is 8.00. The maximum atomic E-state index is 12.5. The summed E-state index contributed by atoms with van der Waals surface area (Å²) in [5, 5.41) is 7.66. The normalized spacial score (nSPS) is 14.4. The molecule has 1 aliphatic heterocycles. The van der Waals surface area contributed by atoms with Crippen LogP contribution in [0.1, 0.15) is 16.2 Å². The van der Waals surface area contributed by atoms with E-state index in [0.29, 0.717) is 42.7 Å². The van der Waals surface area contributed by atoms with E-state index in [2.05, 4.69) is 10.4 Å². The lowest BCUT2D eigenvalue weighted by Gasteiger charge is -2.25. The number of anilines is 1. The van der Waals surface area contributed by atoms with Crippen molar-refractivity contribution >= 4 is 29.1 Å². The topological polar surface area (TPSA) is 76.5 Å². The van der Waals surface area contributed by atoms with Gasteiger partial charge in [0.25, 0.3) is 5.91 Å². The van der Waals surface area contributed by atoms with Crippen LogP contribution in [0.2, 0.25) is 5.02 Å². The van der Waals surface area contributed by atoms with E-state index in [1.54, 1.807) is 35.2 Å². The number of hydrogen-bond donors (Lipinski definition) is 1. The summed E-state index contributed by atoms with van der Waals surface area (Å²) in [7, 11) is 0. The van der Waals surface area contributed by atoms with Gasteiger partial charge in [-0.15, -0.1) is 0 Å². The number of aryl methyl sites for hydroxylation is 1. The molecule has 1 aliphatic rings. The summed E-state index contributed by atoms with van der Waals surface area (Å²) in [5.41, 5.74) is 1.75. The van der Waals surface area contributed by atoms with Crippen LogP contribution in [0.5, 0.6) is 0 Å². The zero-order valence-electron chi connectivity index (χ0n) is 13.9.